The van der Waals surface area contributed by atoms with E-state index in [0.29, 0.717) is 16.8 Å². The van der Waals surface area contributed by atoms with Crippen molar-refractivity contribution in [3.8, 4) is 5.75 Å². The highest BCUT2D eigenvalue weighted by atomic mass is 79.9. The number of nitrogens with zero attached hydrogens (tertiary/aromatic N) is 2. The minimum atomic E-state index is -0.226. The van der Waals surface area contributed by atoms with Crippen molar-refractivity contribution in [2.45, 2.75) is 38.0 Å². The van der Waals surface area contributed by atoms with Gasteiger partial charge in [0.15, 0.2) is 6.61 Å². The molecule has 0 aliphatic heterocycles. The fourth-order valence-corrected chi connectivity index (χ4v) is 3.97. The Morgan fingerprint density at radius 2 is 2.13 bits per heavy atom. The Morgan fingerprint density at radius 1 is 1.30 bits per heavy atom. The quantitative estimate of drug-likeness (QED) is 0.816. The Labute approximate surface area is 147 Å². The minimum Gasteiger partial charge on any atom is -0.484 e. The molecule has 122 valence electrons. The second-order valence-corrected chi connectivity index (χ2v) is 7.50. The normalized spacial score (nSPS) is 15.3. The van der Waals surface area contributed by atoms with Crippen LogP contribution in [0.3, 0.4) is 0 Å². The van der Waals surface area contributed by atoms with Crippen molar-refractivity contribution in [2.75, 3.05) is 11.9 Å². The summed E-state index contributed by atoms with van der Waals surface area (Å²) in [4.78, 5) is 11.9. The van der Waals surface area contributed by atoms with Crippen molar-refractivity contribution in [2.24, 2.45) is 0 Å². The smallest absolute Gasteiger partial charge is 0.264 e. The first-order valence-corrected chi connectivity index (χ1v) is 9.33. The molecule has 1 aliphatic carbocycles. The van der Waals surface area contributed by atoms with E-state index in [2.05, 4.69) is 31.4 Å². The number of anilines is 1. The van der Waals surface area contributed by atoms with Crippen LogP contribution in [0.15, 0.2) is 28.7 Å². The summed E-state index contributed by atoms with van der Waals surface area (Å²) in [7, 11) is 0. The molecule has 1 aliphatic rings. The van der Waals surface area contributed by atoms with Gasteiger partial charge in [-0.15, -0.1) is 10.2 Å². The average molecular weight is 396 g/mol. The Morgan fingerprint density at radius 3 is 2.91 bits per heavy atom. The molecule has 0 radical (unpaired) electrons. The van der Waals surface area contributed by atoms with E-state index in [9.17, 15) is 4.79 Å². The van der Waals surface area contributed by atoms with Crippen LogP contribution in [0.2, 0.25) is 0 Å². The second kappa shape index (κ2) is 7.88. The lowest BCUT2D eigenvalue weighted by molar-refractivity contribution is -0.118. The number of carbonyl (C=O) groups is 1. The molecule has 0 spiro atoms. The molecule has 1 saturated carbocycles. The maximum Gasteiger partial charge on any atom is 0.264 e. The molecule has 1 aromatic heterocycles. The third-order valence-electron chi connectivity index (χ3n) is 3.81. The van der Waals surface area contributed by atoms with Crippen molar-refractivity contribution in [3.05, 3.63) is 33.7 Å². The number of hydrogen-bond acceptors (Lipinski definition) is 5. The zero-order chi connectivity index (χ0) is 16.1. The van der Waals surface area contributed by atoms with E-state index >= 15 is 0 Å². The number of carbonyl (C=O) groups excluding carboxylic acids is 1. The molecule has 1 fully saturated rings. The zero-order valence-electron chi connectivity index (χ0n) is 12.6. The van der Waals surface area contributed by atoms with Gasteiger partial charge in [0.1, 0.15) is 10.8 Å². The van der Waals surface area contributed by atoms with E-state index in [1.807, 2.05) is 24.3 Å². The largest absolute Gasteiger partial charge is 0.484 e. The molecular formula is C16H18BrN3O2S. The molecular weight excluding hydrogens is 378 g/mol. The van der Waals surface area contributed by atoms with Crippen molar-refractivity contribution < 1.29 is 9.53 Å². The summed E-state index contributed by atoms with van der Waals surface area (Å²) in [6.07, 6.45) is 6.17. The van der Waals surface area contributed by atoms with Gasteiger partial charge < -0.3 is 4.74 Å². The minimum absolute atomic E-state index is 0.0468. The van der Waals surface area contributed by atoms with Gasteiger partial charge in [0.05, 0.1) is 0 Å². The van der Waals surface area contributed by atoms with Crippen LogP contribution in [0.25, 0.3) is 0 Å². The van der Waals surface area contributed by atoms with Gasteiger partial charge in [-0.3, -0.25) is 10.1 Å². The topological polar surface area (TPSA) is 64.1 Å². The Bertz CT molecular complexity index is 671. The molecule has 0 bridgehead atoms. The summed E-state index contributed by atoms with van der Waals surface area (Å²) in [6, 6.07) is 7.39. The first kappa shape index (κ1) is 16.4. The first-order chi connectivity index (χ1) is 11.2. The van der Waals surface area contributed by atoms with Gasteiger partial charge >= 0.3 is 0 Å². The highest BCUT2D eigenvalue weighted by Gasteiger charge is 2.20. The molecule has 1 heterocycles. The average Bonchev–Trinajstić information content (AvgIpc) is 3.02. The molecule has 3 rings (SSSR count). The molecule has 1 N–H and O–H groups in total. The van der Waals surface area contributed by atoms with E-state index in [0.717, 1.165) is 9.48 Å². The predicted octanol–water partition coefficient (Wildman–Crippen LogP) is 4.37. The van der Waals surface area contributed by atoms with Crippen molar-refractivity contribution in [1.82, 2.24) is 10.2 Å². The van der Waals surface area contributed by atoms with E-state index in [4.69, 9.17) is 4.74 Å². The summed E-state index contributed by atoms with van der Waals surface area (Å²) >= 11 is 4.84. The van der Waals surface area contributed by atoms with E-state index in [-0.39, 0.29) is 12.5 Å². The SMILES string of the molecule is O=C(COc1cccc(Br)c1)Nc1nnc(C2CCCCC2)s1. The lowest BCUT2D eigenvalue weighted by atomic mass is 9.90. The summed E-state index contributed by atoms with van der Waals surface area (Å²) < 4.78 is 6.37. The van der Waals surface area contributed by atoms with Crippen LogP contribution in [0, 0.1) is 0 Å². The summed E-state index contributed by atoms with van der Waals surface area (Å²) in [5.74, 6) is 0.927. The van der Waals surface area contributed by atoms with Crippen LogP contribution in [0.4, 0.5) is 5.13 Å². The maximum absolute atomic E-state index is 11.9. The molecule has 2 aromatic rings. The van der Waals surface area contributed by atoms with Crippen LogP contribution in [0.1, 0.15) is 43.0 Å². The number of nitrogens with one attached hydrogen (secondary N) is 1. The fraction of sp³-hybridized carbons (Fsp3) is 0.438. The number of benzene rings is 1. The first-order valence-electron chi connectivity index (χ1n) is 7.72. The predicted molar refractivity (Wildman–Crippen MR) is 94.0 cm³/mol. The van der Waals surface area contributed by atoms with Gasteiger partial charge in [0, 0.05) is 10.4 Å². The fourth-order valence-electron chi connectivity index (χ4n) is 2.66. The van der Waals surface area contributed by atoms with Gasteiger partial charge in [0.25, 0.3) is 5.91 Å². The van der Waals surface area contributed by atoms with Gasteiger partial charge in [-0.25, -0.2) is 0 Å². The second-order valence-electron chi connectivity index (χ2n) is 5.57. The van der Waals surface area contributed by atoms with Crippen LogP contribution in [0.5, 0.6) is 5.75 Å². The van der Waals surface area contributed by atoms with Crippen LogP contribution < -0.4 is 10.1 Å². The van der Waals surface area contributed by atoms with Gasteiger partial charge in [-0.05, 0) is 31.0 Å². The summed E-state index contributed by atoms with van der Waals surface area (Å²) in [5.41, 5.74) is 0. The summed E-state index contributed by atoms with van der Waals surface area (Å²) in [5, 5.41) is 12.6. The van der Waals surface area contributed by atoms with E-state index in [1.165, 1.54) is 43.4 Å². The third kappa shape index (κ3) is 4.75. The Hall–Kier alpha value is -1.47. The van der Waals surface area contributed by atoms with Crippen molar-refractivity contribution >= 4 is 38.3 Å². The molecule has 1 amide bonds. The summed E-state index contributed by atoms with van der Waals surface area (Å²) in [6.45, 7) is -0.0468. The molecule has 23 heavy (non-hydrogen) atoms. The van der Waals surface area contributed by atoms with Crippen LogP contribution >= 0.6 is 27.3 Å². The zero-order valence-corrected chi connectivity index (χ0v) is 15.0. The number of rotatable bonds is 5. The van der Waals surface area contributed by atoms with E-state index in [1.54, 1.807) is 0 Å². The monoisotopic (exact) mass is 395 g/mol. The van der Waals surface area contributed by atoms with Gasteiger partial charge in [-0.1, -0.05) is 52.6 Å². The lowest BCUT2D eigenvalue weighted by Gasteiger charge is -2.18. The molecule has 0 atom stereocenters. The van der Waals surface area contributed by atoms with Crippen LogP contribution in [-0.2, 0) is 4.79 Å². The Kier molecular flexibility index (Phi) is 5.61. The maximum atomic E-state index is 11.9. The van der Waals surface area contributed by atoms with Crippen LogP contribution in [-0.4, -0.2) is 22.7 Å². The standard InChI is InChI=1S/C16H18BrN3O2S/c17-12-7-4-8-13(9-12)22-10-14(21)18-16-20-19-15(23-16)11-5-2-1-3-6-11/h4,7-9,11H,1-3,5-6,10H2,(H,18,20,21). The van der Waals surface area contributed by atoms with Crippen molar-refractivity contribution in [3.63, 3.8) is 0 Å². The highest BCUT2D eigenvalue weighted by Crippen LogP contribution is 2.35. The number of halogens is 1. The Balaban J connectivity index is 1.50. The number of aromatic nitrogens is 2. The molecule has 0 saturated heterocycles. The molecule has 5 nitrogen and oxygen atoms in total. The number of ether oxygens (including phenoxy) is 1. The number of amides is 1. The van der Waals surface area contributed by atoms with Gasteiger partial charge in [-0.2, -0.15) is 0 Å². The van der Waals surface area contributed by atoms with E-state index < -0.39 is 0 Å². The molecule has 1 aromatic carbocycles. The third-order valence-corrected chi connectivity index (χ3v) is 5.30. The molecule has 7 heteroatoms. The number of hydrogen-bond donors (Lipinski definition) is 1. The van der Waals surface area contributed by atoms with Gasteiger partial charge in [0.2, 0.25) is 5.13 Å². The lowest BCUT2D eigenvalue weighted by Crippen LogP contribution is -2.20. The highest BCUT2D eigenvalue weighted by molar-refractivity contribution is 9.10. The van der Waals surface area contributed by atoms with Crippen molar-refractivity contribution in [1.29, 1.82) is 0 Å². The molecule has 0 unspecified atom stereocenters.